The molecule has 3 heterocycles. The fraction of sp³-hybridized carbons (Fsp3) is 0.129. The molecule has 0 N–H and O–H groups in total. The summed E-state index contributed by atoms with van der Waals surface area (Å²) in [5.74, 6) is 0.719. The van der Waals surface area contributed by atoms with Gasteiger partial charge >= 0.3 is 0 Å². The van der Waals surface area contributed by atoms with Crippen molar-refractivity contribution in [2.75, 3.05) is 31.1 Å². The van der Waals surface area contributed by atoms with Crippen molar-refractivity contribution in [3.8, 4) is 16.8 Å². The van der Waals surface area contributed by atoms with Crippen LogP contribution in [-0.4, -0.2) is 56.4 Å². The van der Waals surface area contributed by atoms with Crippen molar-refractivity contribution in [3.05, 3.63) is 119 Å². The monoisotopic (exact) mass is 530 g/mol. The van der Waals surface area contributed by atoms with Gasteiger partial charge in [-0.05, 0) is 29.3 Å². The summed E-state index contributed by atoms with van der Waals surface area (Å²) in [6.07, 6.45) is 6.82. The topological polar surface area (TPSA) is 97.4 Å². The highest BCUT2D eigenvalue weighted by Gasteiger charge is 2.25. The Balaban J connectivity index is 1.26. The van der Waals surface area contributed by atoms with Gasteiger partial charge in [0.2, 0.25) is 5.91 Å². The van der Waals surface area contributed by atoms with Gasteiger partial charge in [-0.25, -0.2) is 9.97 Å². The fourth-order valence-electron chi connectivity index (χ4n) is 5.06. The average Bonchev–Trinajstić information content (AvgIpc) is 3.41. The third kappa shape index (κ3) is 4.92. The molecule has 3 aromatic carbocycles. The maximum atomic E-state index is 12.9. The van der Waals surface area contributed by atoms with Gasteiger partial charge in [-0.2, -0.15) is 0 Å². The van der Waals surface area contributed by atoms with E-state index in [1.165, 1.54) is 18.2 Å². The zero-order valence-electron chi connectivity index (χ0n) is 21.6. The molecule has 1 aliphatic heterocycles. The zero-order valence-corrected chi connectivity index (χ0v) is 21.6. The molecule has 198 valence electrons. The molecule has 2 aromatic heterocycles. The molecule has 1 amide bonds. The molecule has 1 fully saturated rings. The highest BCUT2D eigenvalue weighted by molar-refractivity contribution is 6.02. The van der Waals surface area contributed by atoms with Crippen LogP contribution < -0.4 is 4.90 Å². The van der Waals surface area contributed by atoms with Gasteiger partial charge in [-0.1, -0.05) is 60.7 Å². The normalized spacial score (nSPS) is 13.7. The van der Waals surface area contributed by atoms with E-state index in [1.807, 2.05) is 36.4 Å². The number of carbonyl (C=O) groups excluding carboxylic acids is 1. The lowest BCUT2D eigenvalue weighted by molar-refractivity contribution is -0.384. The first-order chi connectivity index (χ1) is 19.6. The molecule has 40 heavy (non-hydrogen) atoms. The second-order valence-electron chi connectivity index (χ2n) is 9.51. The van der Waals surface area contributed by atoms with Crippen molar-refractivity contribution < 1.29 is 9.72 Å². The van der Waals surface area contributed by atoms with Crippen LogP contribution in [0, 0.1) is 10.1 Å². The third-order valence-corrected chi connectivity index (χ3v) is 7.07. The van der Waals surface area contributed by atoms with E-state index in [9.17, 15) is 14.9 Å². The van der Waals surface area contributed by atoms with Crippen LogP contribution in [0.2, 0.25) is 0 Å². The molecule has 0 atom stereocenters. The highest BCUT2D eigenvalue weighted by Crippen LogP contribution is 2.37. The molecule has 0 spiro atoms. The van der Waals surface area contributed by atoms with Crippen LogP contribution >= 0.6 is 0 Å². The number of fused-ring (bicyclic) bond motifs is 1. The fourth-order valence-corrected chi connectivity index (χ4v) is 5.06. The van der Waals surface area contributed by atoms with Crippen molar-refractivity contribution in [3.63, 3.8) is 0 Å². The van der Waals surface area contributed by atoms with Gasteiger partial charge in [0, 0.05) is 61.8 Å². The molecule has 5 aromatic rings. The lowest BCUT2D eigenvalue weighted by Gasteiger charge is -2.35. The number of hydrogen-bond acceptors (Lipinski definition) is 6. The summed E-state index contributed by atoms with van der Waals surface area (Å²) in [7, 11) is 0. The minimum absolute atomic E-state index is 0.00431. The first kappa shape index (κ1) is 25.0. The summed E-state index contributed by atoms with van der Waals surface area (Å²) < 4.78 is 2.10. The molecular formula is C31H26N6O3. The molecule has 0 bridgehead atoms. The van der Waals surface area contributed by atoms with Crippen LogP contribution in [-0.2, 0) is 4.79 Å². The maximum Gasteiger partial charge on any atom is 0.270 e. The zero-order chi connectivity index (χ0) is 27.5. The van der Waals surface area contributed by atoms with Gasteiger partial charge in [-0.3, -0.25) is 14.9 Å². The predicted molar refractivity (Wildman–Crippen MR) is 155 cm³/mol. The first-order valence-electron chi connectivity index (χ1n) is 13.0. The van der Waals surface area contributed by atoms with Crippen molar-refractivity contribution in [2.45, 2.75) is 0 Å². The molecule has 0 saturated carbocycles. The van der Waals surface area contributed by atoms with Gasteiger partial charge in [0.1, 0.15) is 12.1 Å². The second-order valence-corrected chi connectivity index (χ2v) is 9.51. The number of nitro groups is 1. The van der Waals surface area contributed by atoms with Crippen LogP contribution in [0.5, 0.6) is 0 Å². The lowest BCUT2D eigenvalue weighted by Crippen LogP contribution is -2.48. The summed E-state index contributed by atoms with van der Waals surface area (Å²) in [5, 5.41) is 12.0. The van der Waals surface area contributed by atoms with Crippen LogP contribution in [0.3, 0.4) is 0 Å². The van der Waals surface area contributed by atoms with Crippen molar-refractivity contribution >= 4 is 34.5 Å². The third-order valence-electron chi connectivity index (χ3n) is 7.07. The maximum absolute atomic E-state index is 12.9. The lowest BCUT2D eigenvalue weighted by atomic mass is 10.1. The number of nitro benzene ring substituents is 1. The van der Waals surface area contributed by atoms with Gasteiger partial charge in [0.05, 0.1) is 10.3 Å². The van der Waals surface area contributed by atoms with Crippen molar-refractivity contribution in [1.29, 1.82) is 0 Å². The van der Waals surface area contributed by atoms with Gasteiger partial charge in [0.25, 0.3) is 5.69 Å². The Morgan fingerprint density at radius 3 is 2.33 bits per heavy atom. The number of non-ortho nitro benzene ring substituents is 1. The summed E-state index contributed by atoms with van der Waals surface area (Å²) in [5.41, 5.74) is 4.58. The number of para-hydroxylation sites is 1. The van der Waals surface area contributed by atoms with Gasteiger partial charge in [-0.15, -0.1) is 0 Å². The summed E-state index contributed by atoms with van der Waals surface area (Å²) in [4.78, 5) is 36.9. The molecular weight excluding hydrogens is 504 g/mol. The van der Waals surface area contributed by atoms with E-state index in [0.29, 0.717) is 31.7 Å². The van der Waals surface area contributed by atoms with E-state index in [-0.39, 0.29) is 11.6 Å². The van der Waals surface area contributed by atoms with Crippen molar-refractivity contribution in [1.82, 2.24) is 19.4 Å². The summed E-state index contributed by atoms with van der Waals surface area (Å²) in [6, 6.07) is 26.6. The Hall–Kier alpha value is -5.31. The molecule has 9 heteroatoms. The molecule has 6 rings (SSSR count). The molecule has 0 radical (unpaired) electrons. The van der Waals surface area contributed by atoms with E-state index in [1.54, 1.807) is 29.4 Å². The van der Waals surface area contributed by atoms with Crippen LogP contribution in [0.15, 0.2) is 104 Å². The van der Waals surface area contributed by atoms with E-state index < -0.39 is 4.92 Å². The number of rotatable bonds is 6. The number of aromatic nitrogens is 3. The predicted octanol–water partition coefficient (Wildman–Crippen LogP) is 5.36. The number of anilines is 1. The Morgan fingerprint density at radius 2 is 1.60 bits per heavy atom. The van der Waals surface area contributed by atoms with Crippen LogP contribution in [0.4, 0.5) is 11.5 Å². The summed E-state index contributed by atoms with van der Waals surface area (Å²) >= 11 is 0. The molecule has 0 aliphatic carbocycles. The summed E-state index contributed by atoms with van der Waals surface area (Å²) in [6.45, 7) is 2.30. The number of hydrogen-bond donors (Lipinski definition) is 0. The number of amides is 1. The second kappa shape index (κ2) is 10.8. The number of benzene rings is 3. The number of piperazine rings is 1. The first-order valence-corrected chi connectivity index (χ1v) is 13.0. The molecule has 1 saturated heterocycles. The Kier molecular flexibility index (Phi) is 6.76. The smallest absolute Gasteiger partial charge is 0.270 e. The highest BCUT2D eigenvalue weighted by atomic mass is 16.6. The Labute approximate surface area is 230 Å². The average molecular weight is 531 g/mol. The quantitative estimate of drug-likeness (QED) is 0.167. The standard InChI is InChI=1S/C31H26N6O3/c38-28(15-14-23-8-7-13-26(20-23)37(39)40)34-16-18-35(19-17-34)30-29-27(24-9-3-1-4-10-24)21-36(31(29)33-22-32-30)25-11-5-2-6-12-25/h1-15,20-22H,16-19H2/b15-14+. The largest absolute Gasteiger partial charge is 0.352 e. The Morgan fingerprint density at radius 1 is 0.875 bits per heavy atom. The van der Waals surface area contributed by atoms with E-state index in [0.717, 1.165) is 33.7 Å². The van der Waals surface area contributed by atoms with E-state index >= 15 is 0 Å². The van der Waals surface area contributed by atoms with E-state index in [4.69, 9.17) is 4.98 Å². The van der Waals surface area contributed by atoms with Gasteiger partial charge < -0.3 is 14.4 Å². The SMILES string of the molecule is O=C(/C=C/c1cccc([N+](=O)[O-])c1)N1CCN(c2ncnc3c2c(-c2ccccc2)cn3-c2ccccc2)CC1. The van der Waals surface area contributed by atoms with Crippen molar-refractivity contribution in [2.24, 2.45) is 0 Å². The minimum atomic E-state index is -0.445. The molecule has 9 nitrogen and oxygen atoms in total. The van der Waals surface area contributed by atoms with Gasteiger partial charge in [0.15, 0.2) is 5.65 Å². The van der Waals surface area contributed by atoms with Crippen LogP contribution in [0.1, 0.15) is 5.56 Å². The van der Waals surface area contributed by atoms with E-state index in [2.05, 4.69) is 44.9 Å². The number of carbonyl (C=O) groups is 1. The minimum Gasteiger partial charge on any atom is -0.352 e. The Bertz CT molecular complexity index is 1710. The molecule has 1 aliphatic rings. The number of nitrogens with zero attached hydrogens (tertiary/aromatic N) is 6. The van der Waals surface area contributed by atoms with Crippen LogP contribution in [0.25, 0.3) is 33.9 Å². The molecule has 0 unspecified atom stereocenters.